The van der Waals surface area contributed by atoms with Crippen molar-refractivity contribution in [1.82, 2.24) is 10.2 Å². The number of hydrogen-bond donors (Lipinski definition) is 2. The van der Waals surface area contributed by atoms with Crippen molar-refractivity contribution in [1.29, 1.82) is 0 Å². The van der Waals surface area contributed by atoms with E-state index < -0.39 is 0 Å². The number of aromatic amines is 1. The quantitative estimate of drug-likeness (QED) is 0.594. The van der Waals surface area contributed by atoms with Gasteiger partial charge in [-0.1, -0.05) is 23.8 Å². The second kappa shape index (κ2) is 4.35. The molecule has 1 saturated carbocycles. The molecule has 1 aromatic heterocycles. The van der Waals surface area contributed by atoms with Crippen molar-refractivity contribution in [2.75, 3.05) is 5.32 Å². The Kier molecular flexibility index (Phi) is 2.56. The van der Waals surface area contributed by atoms with Gasteiger partial charge in [-0.3, -0.25) is 9.89 Å². The molecule has 2 N–H and O–H groups in total. The molecular formula is C18H14IN3O. The second-order valence-electron chi connectivity index (χ2n) is 6.55. The Morgan fingerprint density at radius 3 is 3.00 bits per heavy atom. The fourth-order valence-corrected chi connectivity index (χ4v) is 4.52. The summed E-state index contributed by atoms with van der Waals surface area (Å²) in [6.07, 6.45) is 0.881. The predicted octanol–water partition coefficient (Wildman–Crippen LogP) is 3.85. The van der Waals surface area contributed by atoms with Gasteiger partial charge in [-0.15, -0.1) is 0 Å². The summed E-state index contributed by atoms with van der Waals surface area (Å²) >= 11 is 2.23. The van der Waals surface area contributed by atoms with Crippen LogP contribution in [0.4, 0.5) is 5.69 Å². The lowest BCUT2D eigenvalue weighted by molar-refractivity contribution is -0.118. The van der Waals surface area contributed by atoms with E-state index in [0.29, 0.717) is 0 Å². The van der Waals surface area contributed by atoms with Gasteiger partial charge in [0, 0.05) is 17.0 Å². The van der Waals surface area contributed by atoms with Gasteiger partial charge in [0.15, 0.2) is 0 Å². The Labute approximate surface area is 146 Å². The number of nitrogens with zero attached hydrogens (tertiary/aromatic N) is 1. The molecule has 2 aliphatic rings. The van der Waals surface area contributed by atoms with Gasteiger partial charge < -0.3 is 5.32 Å². The maximum absolute atomic E-state index is 12.6. The number of carbonyl (C=O) groups excluding carboxylic acids is 1. The van der Waals surface area contributed by atoms with Gasteiger partial charge in [0.1, 0.15) is 3.70 Å². The van der Waals surface area contributed by atoms with Crippen molar-refractivity contribution in [3.05, 3.63) is 56.8 Å². The molecule has 0 unspecified atom stereocenters. The van der Waals surface area contributed by atoms with Crippen LogP contribution in [-0.2, 0) is 10.2 Å². The molecule has 0 bridgehead atoms. The summed E-state index contributed by atoms with van der Waals surface area (Å²) in [5.74, 6) is 0.387. The Morgan fingerprint density at radius 1 is 1.26 bits per heavy atom. The zero-order valence-electron chi connectivity index (χ0n) is 12.5. The molecule has 0 saturated heterocycles. The highest BCUT2D eigenvalue weighted by atomic mass is 127. The number of nitrogens with one attached hydrogen (secondary N) is 2. The number of benzene rings is 2. The number of fused-ring (bicyclic) bond motifs is 3. The zero-order valence-corrected chi connectivity index (χ0v) is 14.6. The van der Waals surface area contributed by atoms with Crippen LogP contribution in [0.3, 0.4) is 0 Å². The van der Waals surface area contributed by atoms with E-state index in [0.717, 1.165) is 32.3 Å². The summed E-state index contributed by atoms with van der Waals surface area (Å²) < 4.78 is 0.981. The molecule has 114 valence electrons. The monoisotopic (exact) mass is 415 g/mol. The minimum absolute atomic E-state index is 0.141. The van der Waals surface area contributed by atoms with Crippen LogP contribution in [0, 0.1) is 10.6 Å². The molecule has 1 aliphatic heterocycles. The van der Waals surface area contributed by atoms with E-state index in [2.05, 4.69) is 69.3 Å². The number of amides is 1. The van der Waals surface area contributed by atoms with Gasteiger partial charge in [-0.05, 0) is 65.3 Å². The summed E-state index contributed by atoms with van der Waals surface area (Å²) in [4.78, 5) is 12.6. The van der Waals surface area contributed by atoms with Gasteiger partial charge in [-0.2, -0.15) is 5.10 Å². The fourth-order valence-electron chi connectivity index (χ4n) is 3.93. The topological polar surface area (TPSA) is 57.8 Å². The summed E-state index contributed by atoms with van der Waals surface area (Å²) in [5, 5.41) is 11.5. The van der Waals surface area contributed by atoms with E-state index in [1.807, 2.05) is 12.1 Å². The van der Waals surface area contributed by atoms with Crippen LogP contribution in [-0.4, -0.2) is 16.1 Å². The Bertz CT molecular complexity index is 993. The van der Waals surface area contributed by atoms with Gasteiger partial charge in [0.05, 0.1) is 10.9 Å². The largest absolute Gasteiger partial charge is 0.325 e. The first-order valence-corrected chi connectivity index (χ1v) is 8.73. The van der Waals surface area contributed by atoms with Crippen LogP contribution in [0.5, 0.6) is 0 Å². The number of hydrogen-bond acceptors (Lipinski definition) is 2. The summed E-state index contributed by atoms with van der Waals surface area (Å²) in [5.41, 5.74) is 5.21. The highest BCUT2D eigenvalue weighted by Gasteiger charge is 2.65. The molecule has 4 nitrogen and oxygen atoms in total. The molecule has 23 heavy (non-hydrogen) atoms. The second-order valence-corrected chi connectivity index (χ2v) is 7.57. The van der Waals surface area contributed by atoms with Crippen LogP contribution in [0.25, 0.3) is 10.9 Å². The Balaban J connectivity index is 1.62. The van der Waals surface area contributed by atoms with E-state index >= 15 is 0 Å². The minimum Gasteiger partial charge on any atom is -0.325 e. The third-order valence-corrected chi connectivity index (χ3v) is 6.03. The molecule has 1 aliphatic carbocycles. The summed E-state index contributed by atoms with van der Waals surface area (Å²) in [6, 6.07) is 12.6. The summed E-state index contributed by atoms with van der Waals surface area (Å²) in [6.45, 7) is 2.08. The molecular weight excluding hydrogens is 401 g/mol. The molecule has 0 radical (unpaired) electrons. The Morgan fingerprint density at radius 2 is 2.13 bits per heavy atom. The average molecular weight is 415 g/mol. The van der Waals surface area contributed by atoms with Crippen LogP contribution < -0.4 is 5.32 Å². The third kappa shape index (κ3) is 1.71. The third-order valence-electron chi connectivity index (χ3n) is 5.21. The van der Waals surface area contributed by atoms with Crippen molar-refractivity contribution < 1.29 is 4.79 Å². The molecule has 2 atom stereocenters. The number of carbonyl (C=O) groups is 1. The van der Waals surface area contributed by atoms with Crippen molar-refractivity contribution in [2.45, 2.75) is 24.7 Å². The first kappa shape index (κ1) is 13.5. The minimum atomic E-state index is -0.373. The first-order chi connectivity index (χ1) is 11.1. The number of aromatic nitrogens is 2. The standard InChI is InChI=1S/C18H14IN3O/c1-9-2-5-14-12(6-9)18(17(23)20-14)8-13(18)10-3-4-11-15(7-10)21-22-16(11)19/h2-7,13H,8H2,1H3,(H,20,23)(H,21,22)/t13-,18-/m1/s1. The number of aryl methyl sites for hydroxylation is 1. The molecule has 1 spiro atoms. The van der Waals surface area contributed by atoms with Crippen LogP contribution in [0.15, 0.2) is 36.4 Å². The van der Waals surface area contributed by atoms with Crippen LogP contribution >= 0.6 is 22.6 Å². The lowest BCUT2D eigenvalue weighted by Gasteiger charge is -2.09. The smallest absolute Gasteiger partial charge is 0.235 e. The first-order valence-electron chi connectivity index (χ1n) is 7.66. The van der Waals surface area contributed by atoms with E-state index in [-0.39, 0.29) is 17.2 Å². The number of H-pyrrole nitrogens is 1. The van der Waals surface area contributed by atoms with Crippen molar-refractivity contribution in [2.24, 2.45) is 0 Å². The lowest BCUT2D eigenvalue weighted by atomic mass is 9.91. The molecule has 5 heteroatoms. The van der Waals surface area contributed by atoms with E-state index in [9.17, 15) is 4.79 Å². The van der Waals surface area contributed by atoms with E-state index in [4.69, 9.17) is 0 Å². The van der Waals surface area contributed by atoms with Crippen LogP contribution in [0.2, 0.25) is 0 Å². The predicted molar refractivity (Wildman–Crippen MR) is 97.7 cm³/mol. The zero-order chi connectivity index (χ0) is 15.8. The van der Waals surface area contributed by atoms with Gasteiger partial charge in [-0.25, -0.2) is 0 Å². The van der Waals surface area contributed by atoms with Crippen molar-refractivity contribution in [3.8, 4) is 0 Å². The highest BCUT2D eigenvalue weighted by molar-refractivity contribution is 14.1. The van der Waals surface area contributed by atoms with Gasteiger partial charge >= 0.3 is 0 Å². The number of halogens is 1. The fraction of sp³-hybridized carbons (Fsp3) is 0.222. The SMILES string of the molecule is Cc1ccc2c(c1)[C@@]1(C[C@@H]1c1ccc3c(I)n[nH]c3c1)C(=O)N2. The van der Waals surface area contributed by atoms with Crippen LogP contribution in [0.1, 0.15) is 29.0 Å². The van der Waals surface area contributed by atoms with Crippen molar-refractivity contribution >= 4 is 45.1 Å². The summed E-state index contributed by atoms with van der Waals surface area (Å²) in [7, 11) is 0. The lowest BCUT2D eigenvalue weighted by Crippen LogP contribution is -2.21. The maximum atomic E-state index is 12.6. The average Bonchev–Trinajstić information content (AvgIpc) is 3.12. The van der Waals surface area contributed by atoms with E-state index in [1.165, 1.54) is 11.1 Å². The van der Waals surface area contributed by atoms with Crippen molar-refractivity contribution in [3.63, 3.8) is 0 Å². The highest BCUT2D eigenvalue weighted by Crippen LogP contribution is 2.65. The number of rotatable bonds is 1. The molecule has 1 fully saturated rings. The van der Waals surface area contributed by atoms with Gasteiger partial charge in [0.2, 0.25) is 5.91 Å². The molecule has 3 aromatic rings. The molecule has 1 amide bonds. The Hall–Kier alpha value is -1.89. The molecule has 2 aromatic carbocycles. The normalized spacial score (nSPS) is 25.0. The van der Waals surface area contributed by atoms with E-state index in [1.54, 1.807) is 0 Å². The number of anilines is 1. The van der Waals surface area contributed by atoms with Gasteiger partial charge in [0.25, 0.3) is 0 Å². The molecule has 2 heterocycles. The molecule has 5 rings (SSSR count). The maximum Gasteiger partial charge on any atom is 0.235 e.